The van der Waals surface area contributed by atoms with Crippen LogP contribution in [0.1, 0.15) is 18.9 Å². The second-order valence-corrected chi connectivity index (χ2v) is 6.05. The molecule has 1 fully saturated rings. The van der Waals surface area contributed by atoms with E-state index in [9.17, 15) is 14.4 Å². The molecule has 3 amide bonds. The molecule has 1 aliphatic heterocycles. The maximum absolute atomic E-state index is 11.8. The van der Waals surface area contributed by atoms with Gasteiger partial charge in [-0.2, -0.15) is 0 Å². The topological polar surface area (TPSA) is 78.5 Å². The van der Waals surface area contributed by atoms with Gasteiger partial charge in [0.15, 0.2) is 0 Å². The van der Waals surface area contributed by atoms with Crippen LogP contribution in [0.5, 0.6) is 0 Å². The second-order valence-electron chi connectivity index (χ2n) is 5.01. The molecule has 1 aromatic rings. The third-order valence-corrected chi connectivity index (χ3v) is 4.11. The normalized spacial score (nSPS) is 14.0. The number of hydrogen-bond acceptors (Lipinski definition) is 4. The van der Waals surface area contributed by atoms with Gasteiger partial charge in [0, 0.05) is 44.4 Å². The molecule has 0 aromatic heterocycles. The van der Waals surface area contributed by atoms with Crippen LogP contribution >= 0.6 is 11.8 Å². The van der Waals surface area contributed by atoms with Crippen molar-refractivity contribution in [1.82, 2.24) is 10.2 Å². The Labute approximate surface area is 133 Å². The van der Waals surface area contributed by atoms with Crippen LogP contribution in [-0.4, -0.2) is 40.8 Å². The predicted octanol–water partition coefficient (Wildman–Crippen LogP) is 1.82. The summed E-state index contributed by atoms with van der Waals surface area (Å²) in [6.45, 7) is 3.08. The fourth-order valence-corrected chi connectivity index (χ4v) is 2.91. The van der Waals surface area contributed by atoms with Crippen molar-refractivity contribution in [2.24, 2.45) is 0 Å². The smallest absolute Gasteiger partial charge is 0.281 e. The Balaban J connectivity index is 1.71. The first kappa shape index (κ1) is 16.4. The van der Waals surface area contributed by atoms with Crippen molar-refractivity contribution in [2.45, 2.75) is 19.9 Å². The molecule has 1 saturated heterocycles. The molecule has 1 aliphatic rings. The summed E-state index contributed by atoms with van der Waals surface area (Å²) in [5, 5.41) is 5.57. The fourth-order valence-electron chi connectivity index (χ4n) is 2.06. The van der Waals surface area contributed by atoms with E-state index in [0.29, 0.717) is 19.5 Å². The number of nitrogens with one attached hydrogen (secondary N) is 2. The van der Waals surface area contributed by atoms with Gasteiger partial charge in [-0.15, -0.1) is 0 Å². The Hall–Kier alpha value is -2.02. The van der Waals surface area contributed by atoms with E-state index in [2.05, 4.69) is 10.6 Å². The minimum Gasteiger partial charge on any atom is -0.352 e. The number of benzene rings is 1. The Kier molecular flexibility index (Phi) is 5.83. The number of carbonyl (C=O) groups is 3. The van der Waals surface area contributed by atoms with E-state index in [1.54, 1.807) is 17.0 Å². The van der Waals surface area contributed by atoms with E-state index < -0.39 is 0 Å². The van der Waals surface area contributed by atoms with Gasteiger partial charge in [0.1, 0.15) is 0 Å². The van der Waals surface area contributed by atoms with Crippen molar-refractivity contribution in [3.05, 3.63) is 29.8 Å². The zero-order chi connectivity index (χ0) is 15.9. The summed E-state index contributed by atoms with van der Waals surface area (Å²) in [6, 6.07) is 7.30. The molecule has 0 saturated carbocycles. The summed E-state index contributed by atoms with van der Waals surface area (Å²) in [6.07, 6.45) is 0.316. The molecule has 6 nitrogen and oxygen atoms in total. The maximum Gasteiger partial charge on any atom is 0.281 e. The molecule has 0 unspecified atom stereocenters. The monoisotopic (exact) mass is 321 g/mol. The van der Waals surface area contributed by atoms with E-state index >= 15 is 0 Å². The van der Waals surface area contributed by atoms with Gasteiger partial charge in [-0.25, -0.2) is 0 Å². The van der Waals surface area contributed by atoms with E-state index in [4.69, 9.17) is 0 Å². The zero-order valence-electron chi connectivity index (χ0n) is 12.4. The molecular weight excluding hydrogens is 302 g/mol. The Morgan fingerprint density at radius 3 is 2.59 bits per heavy atom. The summed E-state index contributed by atoms with van der Waals surface area (Å²) >= 11 is 1.30. The van der Waals surface area contributed by atoms with Crippen LogP contribution in [0.2, 0.25) is 0 Å². The van der Waals surface area contributed by atoms with Crippen LogP contribution in [0.3, 0.4) is 0 Å². The molecule has 7 heteroatoms. The van der Waals surface area contributed by atoms with Crippen molar-refractivity contribution in [3.63, 3.8) is 0 Å². The lowest BCUT2D eigenvalue weighted by Crippen LogP contribution is -2.30. The molecular formula is C15H19N3O3S. The molecule has 0 atom stereocenters. The Bertz CT molecular complexity index is 560. The summed E-state index contributed by atoms with van der Waals surface area (Å²) in [7, 11) is 0. The highest BCUT2D eigenvalue weighted by atomic mass is 32.2. The highest BCUT2D eigenvalue weighted by Crippen LogP contribution is 2.17. The first-order valence-corrected chi connectivity index (χ1v) is 8.08. The van der Waals surface area contributed by atoms with Crippen molar-refractivity contribution in [3.8, 4) is 0 Å². The largest absolute Gasteiger partial charge is 0.352 e. The molecule has 0 spiro atoms. The van der Waals surface area contributed by atoms with E-state index in [0.717, 1.165) is 23.5 Å². The molecule has 118 valence electrons. The van der Waals surface area contributed by atoms with Crippen LogP contribution in [0.25, 0.3) is 0 Å². The number of rotatable bonds is 6. The first-order chi connectivity index (χ1) is 10.5. The van der Waals surface area contributed by atoms with Crippen LogP contribution in [0.15, 0.2) is 24.3 Å². The standard InChI is InChI=1S/C15H19N3O3S/c1-11(19)17-13-4-2-12(3-5-13)10-16-14(20)6-7-18-8-9-22-15(18)21/h2-5H,6-10H2,1H3,(H,16,20)(H,17,19). The average Bonchev–Trinajstić information content (AvgIpc) is 2.89. The molecule has 0 aliphatic carbocycles. The minimum atomic E-state index is -0.115. The van der Waals surface area contributed by atoms with Gasteiger partial charge in [0.2, 0.25) is 11.8 Å². The van der Waals surface area contributed by atoms with Crippen LogP contribution in [-0.2, 0) is 16.1 Å². The van der Waals surface area contributed by atoms with E-state index in [-0.39, 0.29) is 17.1 Å². The van der Waals surface area contributed by atoms with Gasteiger partial charge in [-0.05, 0) is 17.7 Å². The summed E-state index contributed by atoms with van der Waals surface area (Å²) in [4.78, 5) is 35.8. The lowest BCUT2D eigenvalue weighted by Gasteiger charge is -2.14. The number of amides is 3. The Morgan fingerprint density at radius 1 is 1.27 bits per heavy atom. The molecule has 1 aromatic carbocycles. The summed E-state index contributed by atoms with van der Waals surface area (Å²) in [5.41, 5.74) is 1.68. The third kappa shape index (κ3) is 5.07. The van der Waals surface area contributed by atoms with Crippen molar-refractivity contribution >= 4 is 34.5 Å². The third-order valence-electron chi connectivity index (χ3n) is 3.22. The number of nitrogens with zero attached hydrogens (tertiary/aromatic N) is 1. The van der Waals surface area contributed by atoms with E-state index in [1.807, 2.05) is 12.1 Å². The molecule has 0 bridgehead atoms. The number of anilines is 1. The van der Waals surface area contributed by atoms with Gasteiger partial charge < -0.3 is 15.5 Å². The molecule has 2 rings (SSSR count). The Morgan fingerprint density at radius 2 is 2.00 bits per heavy atom. The second kappa shape index (κ2) is 7.84. The van der Waals surface area contributed by atoms with Crippen LogP contribution in [0.4, 0.5) is 10.5 Å². The molecule has 2 N–H and O–H groups in total. The van der Waals surface area contributed by atoms with E-state index in [1.165, 1.54) is 18.7 Å². The van der Waals surface area contributed by atoms with Gasteiger partial charge >= 0.3 is 0 Å². The van der Waals surface area contributed by atoms with Gasteiger partial charge in [-0.3, -0.25) is 14.4 Å². The average molecular weight is 321 g/mol. The van der Waals surface area contributed by atoms with Crippen molar-refractivity contribution in [1.29, 1.82) is 0 Å². The zero-order valence-corrected chi connectivity index (χ0v) is 13.2. The number of carbonyl (C=O) groups excluding carboxylic acids is 3. The lowest BCUT2D eigenvalue weighted by atomic mass is 10.2. The lowest BCUT2D eigenvalue weighted by molar-refractivity contribution is -0.121. The molecule has 1 heterocycles. The summed E-state index contributed by atoms with van der Waals surface area (Å²) < 4.78 is 0. The number of hydrogen-bond donors (Lipinski definition) is 2. The first-order valence-electron chi connectivity index (χ1n) is 7.09. The highest BCUT2D eigenvalue weighted by Gasteiger charge is 2.21. The fraction of sp³-hybridized carbons (Fsp3) is 0.400. The van der Waals surface area contributed by atoms with Gasteiger partial charge in [0.25, 0.3) is 5.24 Å². The van der Waals surface area contributed by atoms with Gasteiger partial charge in [-0.1, -0.05) is 23.9 Å². The maximum atomic E-state index is 11.8. The quantitative estimate of drug-likeness (QED) is 0.838. The van der Waals surface area contributed by atoms with Crippen LogP contribution < -0.4 is 10.6 Å². The molecule has 22 heavy (non-hydrogen) atoms. The SMILES string of the molecule is CC(=O)Nc1ccc(CNC(=O)CCN2CCSC2=O)cc1. The predicted molar refractivity (Wildman–Crippen MR) is 86.6 cm³/mol. The summed E-state index contributed by atoms with van der Waals surface area (Å²) in [5.74, 6) is 0.618. The minimum absolute atomic E-state index is 0.0568. The van der Waals surface area contributed by atoms with Crippen molar-refractivity contribution in [2.75, 3.05) is 24.2 Å². The van der Waals surface area contributed by atoms with Crippen LogP contribution in [0, 0.1) is 0 Å². The van der Waals surface area contributed by atoms with Crippen molar-refractivity contribution < 1.29 is 14.4 Å². The van der Waals surface area contributed by atoms with Gasteiger partial charge in [0.05, 0.1) is 0 Å². The highest BCUT2D eigenvalue weighted by molar-refractivity contribution is 8.13. The number of thioether (sulfide) groups is 1. The molecule has 0 radical (unpaired) electrons.